The van der Waals surface area contributed by atoms with Crippen LogP contribution in [0, 0.1) is 13.8 Å². The number of unbranched alkanes of at least 4 members (excludes halogenated alkanes) is 1. The Morgan fingerprint density at radius 2 is 2.00 bits per heavy atom. The minimum Gasteiger partial charge on any atom is -0.382 e. The van der Waals surface area contributed by atoms with Crippen LogP contribution in [0.4, 0.5) is 5.69 Å². The van der Waals surface area contributed by atoms with E-state index in [9.17, 15) is 0 Å². The smallest absolute Gasteiger partial charge is 0.0374 e. The van der Waals surface area contributed by atoms with Crippen LogP contribution in [-0.4, -0.2) is 6.04 Å². The lowest BCUT2D eigenvalue weighted by Gasteiger charge is -2.17. The number of anilines is 1. The van der Waals surface area contributed by atoms with Crippen LogP contribution in [-0.2, 0) is 0 Å². The van der Waals surface area contributed by atoms with Gasteiger partial charge in [0, 0.05) is 11.7 Å². The lowest BCUT2D eigenvalue weighted by molar-refractivity contribution is 0.645. The number of nitrogens with one attached hydrogen (secondary N) is 1. The fraction of sp³-hybridized carbons (Fsp3) is 0.571. The van der Waals surface area contributed by atoms with Gasteiger partial charge in [0.25, 0.3) is 0 Å². The molecular weight excluding hydrogens is 182 g/mol. The van der Waals surface area contributed by atoms with Crippen LogP contribution in [0.15, 0.2) is 18.2 Å². The number of hydrogen-bond donors (Lipinski definition) is 1. The fourth-order valence-corrected chi connectivity index (χ4v) is 1.74. The van der Waals surface area contributed by atoms with Gasteiger partial charge in [-0.1, -0.05) is 31.9 Å². The third kappa shape index (κ3) is 3.94. The van der Waals surface area contributed by atoms with Crippen molar-refractivity contribution < 1.29 is 0 Å². The van der Waals surface area contributed by atoms with Crippen molar-refractivity contribution in [2.75, 3.05) is 5.32 Å². The first kappa shape index (κ1) is 12.1. The van der Waals surface area contributed by atoms with Gasteiger partial charge in [-0.2, -0.15) is 0 Å². The van der Waals surface area contributed by atoms with Gasteiger partial charge in [-0.05, 0) is 44.4 Å². The van der Waals surface area contributed by atoms with Crippen molar-refractivity contribution in [2.24, 2.45) is 0 Å². The van der Waals surface area contributed by atoms with E-state index in [1.54, 1.807) is 0 Å². The van der Waals surface area contributed by atoms with Gasteiger partial charge in [0.15, 0.2) is 0 Å². The first-order chi connectivity index (χ1) is 7.13. The molecule has 0 bridgehead atoms. The topological polar surface area (TPSA) is 12.0 Å². The van der Waals surface area contributed by atoms with Gasteiger partial charge in [-0.15, -0.1) is 0 Å². The molecule has 0 radical (unpaired) electrons. The van der Waals surface area contributed by atoms with E-state index in [1.165, 1.54) is 36.1 Å². The van der Waals surface area contributed by atoms with Gasteiger partial charge in [-0.25, -0.2) is 0 Å². The van der Waals surface area contributed by atoms with Crippen LogP contribution >= 0.6 is 0 Å². The Bertz CT molecular complexity index is 304. The summed E-state index contributed by atoms with van der Waals surface area (Å²) in [5.74, 6) is 0. The molecule has 1 N–H and O–H groups in total. The Kier molecular flexibility index (Phi) is 4.67. The average molecular weight is 205 g/mol. The zero-order chi connectivity index (χ0) is 11.3. The van der Waals surface area contributed by atoms with Crippen LogP contribution in [0.3, 0.4) is 0 Å². The number of rotatable bonds is 5. The van der Waals surface area contributed by atoms with Crippen LogP contribution in [0.5, 0.6) is 0 Å². The minimum absolute atomic E-state index is 0.574. The zero-order valence-electron chi connectivity index (χ0n) is 10.4. The van der Waals surface area contributed by atoms with Crippen molar-refractivity contribution in [3.05, 3.63) is 29.3 Å². The molecule has 0 aromatic heterocycles. The third-order valence-corrected chi connectivity index (χ3v) is 2.79. The molecular formula is C14H23N. The van der Waals surface area contributed by atoms with Crippen molar-refractivity contribution in [2.45, 2.75) is 53.0 Å². The van der Waals surface area contributed by atoms with Crippen molar-refractivity contribution in [1.29, 1.82) is 0 Å². The maximum absolute atomic E-state index is 3.59. The molecule has 1 rings (SSSR count). The lowest BCUT2D eigenvalue weighted by atomic mass is 10.1. The molecule has 1 heteroatoms. The highest BCUT2D eigenvalue weighted by atomic mass is 14.9. The van der Waals surface area contributed by atoms with E-state index >= 15 is 0 Å². The Balaban J connectivity index is 2.59. The molecule has 0 aliphatic carbocycles. The van der Waals surface area contributed by atoms with E-state index in [2.05, 4.69) is 51.2 Å². The second kappa shape index (κ2) is 5.79. The summed E-state index contributed by atoms with van der Waals surface area (Å²) in [6.07, 6.45) is 3.84. The number of hydrogen-bond acceptors (Lipinski definition) is 1. The molecule has 0 saturated carbocycles. The van der Waals surface area contributed by atoms with Crippen LogP contribution in [0.25, 0.3) is 0 Å². The molecule has 1 unspecified atom stereocenters. The molecule has 1 atom stereocenters. The molecule has 0 heterocycles. The largest absolute Gasteiger partial charge is 0.382 e. The summed E-state index contributed by atoms with van der Waals surface area (Å²) >= 11 is 0. The summed E-state index contributed by atoms with van der Waals surface area (Å²) in [6, 6.07) is 7.16. The standard InChI is InChI=1S/C14H23N/c1-5-6-7-13(4)15-14-10-11(2)8-9-12(14)3/h8-10,13,15H,5-7H2,1-4H3. The first-order valence-electron chi connectivity index (χ1n) is 5.97. The van der Waals surface area contributed by atoms with E-state index in [-0.39, 0.29) is 0 Å². The van der Waals surface area contributed by atoms with E-state index in [1.807, 2.05) is 0 Å². The highest BCUT2D eigenvalue weighted by Gasteiger charge is 2.03. The molecule has 1 aromatic rings. The number of aryl methyl sites for hydroxylation is 2. The summed E-state index contributed by atoms with van der Waals surface area (Å²) in [7, 11) is 0. The maximum atomic E-state index is 3.59. The molecule has 15 heavy (non-hydrogen) atoms. The summed E-state index contributed by atoms with van der Waals surface area (Å²) in [5.41, 5.74) is 3.95. The van der Waals surface area contributed by atoms with E-state index in [4.69, 9.17) is 0 Å². The average Bonchev–Trinajstić information content (AvgIpc) is 2.20. The molecule has 84 valence electrons. The minimum atomic E-state index is 0.574. The second-order valence-corrected chi connectivity index (χ2v) is 4.51. The van der Waals surface area contributed by atoms with Crippen LogP contribution in [0.2, 0.25) is 0 Å². The molecule has 1 aromatic carbocycles. The maximum Gasteiger partial charge on any atom is 0.0374 e. The van der Waals surface area contributed by atoms with E-state index in [0.29, 0.717) is 6.04 Å². The summed E-state index contributed by atoms with van der Waals surface area (Å²) < 4.78 is 0. The van der Waals surface area contributed by atoms with Gasteiger partial charge in [0.1, 0.15) is 0 Å². The zero-order valence-corrected chi connectivity index (χ0v) is 10.4. The third-order valence-electron chi connectivity index (χ3n) is 2.79. The predicted octanol–water partition coefficient (Wildman–Crippen LogP) is 4.29. The van der Waals surface area contributed by atoms with Crippen LogP contribution < -0.4 is 5.32 Å². The van der Waals surface area contributed by atoms with E-state index in [0.717, 1.165) is 0 Å². The molecule has 0 saturated heterocycles. The number of benzene rings is 1. The highest BCUT2D eigenvalue weighted by molar-refractivity contribution is 5.52. The van der Waals surface area contributed by atoms with Gasteiger partial charge < -0.3 is 5.32 Å². The Morgan fingerprint density at radius 1 is 1.27 bits per heavy atom. The van der Waals surface area contributed by atoms with Crippen molar-refractivity contribution in [1.82, 2.24) is 0 Å². The van der Waals surface area contributed by atoms with E-state index < -0.39 is 0 Å². The summed E-state index contributed by atoms with van der Waals surface area (Å²) in [5, 5.41) is 3.59. The Labute approximate surface area is 93.9 Å². The molecule has 1 nitrogen and oxygen atoms in total. The summed E-state index contributed by atoms with van der Waals surface area (Å²) in [6.45, 7) is 8.80. The Morgan fingerprint density at radius 3 is 2.67 bits per heavy atom. The highest BCUT2D eigenvalue weighted by Crippen LogP contribution is 2.18. The SMILES string of the molecule is CCCCC(C)Nc1cc(C)ccc1C. The Hall–Kier alpha value is -0.980. The quantitative estimate of drug-likeness (QED) is 0.756. The predicted molar refractivity (Wildman–Crippen MR) is 68.5 cm³/mol. The van der Waals surface area contributed by atoms with Crippen molar-refractivity contribution in [3.8, 4) is 0 Å². The monoisotopic (exact) mass is 205 g/mol. The second-order valence-electron chi connectivity index (χ2n) is 4.51. The van der Waals surface area contributed by atoms with Gasteiger partial charge in [0.05, 0.1) is 0 Å². The molecule has 0 spiro atoms. The summed E-state index contributed by atoms with van der Waals surface area (Å²) in [4.78, 5) is 0. The fourth-order valence-electron chi connectivity index (χ4n) is 1.74. The molecule has 0 amide bonds. The normalized spacial score (nSPS) is 12.5. The molecule has 0 aliphatic heterocycles. The van der Waals surface area contributed by atoms with Crippen molar-refractivity contribution >= 4 is 5.69 Å². The van der Waals surface area contributed by atoms with Gasteiger partial charge >= 0.3 is 0 Å². The van der Waals surface area contributed by atoms with Gasteiger partial charge in [-0.3, -0.25) is 0 Å². The van der Waals surface area contributed by atoms with Crippen LogP contribution in [0.1, 0.15) is 44.2 Å². The van der Waals surface area contributed by atoms with Crippen molar-refractivity contribution in [3.63, 3.8) is 0 Å². The lowest BCUT2D eigenvalue weighted by Crippen LogP contribution is -2.15. The van der Waals surface area contributed by atoms with Gasteiger partial charge in [0.2, 0.25) is 0 Å². The first-order valence-corrected chi connectivity index (χ1v) is 5.97. The molecule has 0 fully saturated rings. The molecule has 0 aliphatic rings.